The number of hydrogen-bond donors (Lipinski definition) is 0. The molecule has 3 heterocycles. The van der Waals surface area contributed by atoms with Gasteiger partial charge in [-0.25, -0.2) is 4.98 Å². The van der Waals surface area contributed by atoms with Gasteiger partial charge in [-0.3, -0.25) is 4.57 Å². The van der Waals surface area contributed by atoms with Gasteiger partial charge < -0.3 is 4.90 Å². The van der Waals surface area contributed by atoms with E-state index in [-0.39, 0.29) is 0 Å². The van der Waals surface area contributed by atoms with Gasteiger partial charge in [0.15, 0.2) is 11.6 Å². The molecular formula is C62H43N5. The van der Waals surface area contributed by atoms with Crippen LogP contribution in [0.25, 0.3) is 72.1 Å². The lowest BCUT2D eigenvalue weighted by atomic mass is 9.61. The Hall–Kier alpha value is -8.67. The minimum Gasteiger partial charge on any atom is -0.309 e. The molecule has 0 spiro atoms. The van der Waals surface area contributed by atoms with Crippen molar-refractivity contribution in [3.05, 3.63) is 258 Å². The van der Waals surface area contributed by atoms with E-state index in [0.29, 0.717) is 17.6 Å². The number of rotatable bonds is 6. The van der Waals surface area contributed by atoms with Crippen LogP contribution >= 0.6 is 0 Å². The predicted molar refractivity (Wildman–Crippen MR) is 276 cm³/mol. The largest absolute Gasteiger partial charge is 0.309 e. The maximum Gasteiger partial charge on any atom is 0.238 e. The highest BCUT2D eigenvalue weighted by Crippen LogP contribution is 2.61. The highest BCUT2D eigenvalue weighted by molar-refractivity contribution is 6.19. The van der Waals surface area contributed by atoms with Crippen LogP contribution in [0.15, 0.2) is 224 Å². The molecule has 0 saturated carbocycles. The van der Waals surface area contributed by atoms with Gasteiger partial charge in [-0.05, 0) is 89.2 Å². The van der Waals surface area contributed by atoms with E-state index in [4.69, 9.17) is 15.0 Å². The number of nitrogens with zero attached hydrogens (tertiary/aromatic N) is 5. The van der Waals surface area contributed by atoms with Crippen LogP contribution in [0.1, 0.15) is 33.4 Å². The molecule has 12 aromatic rings. The molecule has 0 N–H and O–H groups in total. The summed E-state index contributed by atoms with van der Waals surface area (Å²) in [5.41, 5.74) is 14.0. The molecule has 0 fully saturated rings. The van der Waals surface area contributed by atoms with Crippen LogP contribution in [0, 0.1) is 13.8 Å². The van der Waals surface area contributed by atoms with Gasteiger partial charge in [-0.15, -0.1) is 0 Å². The Morgan fingerprint density at radius 3 is 1.43 bits per heavy atom. The molecule has 0 radical (unpaired) electrons. The average Bonchev–Trinajstić information content (AvgIpc) is 3.73. The second-order valence-corrected chi connectivity index (χ2v) is 17.7. The maximum atomic E-state index is 5.29. The first-order valence-corrected chi connectivity index (χ1v) is 22.9. The van der Waals surface area contributed by atoms with Crippen molar-refractivity contribution in [2.24, 2.45) is 0 Å². The van der Waals surface area contributed by atoms with Crippen LogP contribution in [-0.4, -0.2) is 19.5 Å². The Morgan fingerprint density at radius 1 is 0.373 bits per heavy atom. The number of benzene rings is 10. The molecule has 0 unspecified atom stereocenters. The van der Waals surface area contributed by atoms with Crippen molar-refractivity contribution in [1.82, 2.24) is 19.5 Å². The van der Waals surface area contributed by atoms with E-state index in [1.165, 1.54) is 60.6 Å². The van der Waals surface area contributed by atoms with Crippen molar-refractivity contribution in [2.75, 3.05) is 4.90 Å². The summed E-state index contributed by atoms with van der Waals surface area (Å²) in [5.74, 6) is 1.80. The van der Waals surface area contributed by atoms with Gasteiger partial charge in [0.2, 0.25) is 5.95 Å². The number of fused-ring (bicyclic) bond motifs is 10. The molecule has 0 aliphatic carbocycles. The number of anilines is 3. The van der Waals surface area contributed by atoms with Crippen molar-refractivity contribution in [3.63, 3.8) is 0 Å². The maximum absolute atomic E-state index is 5.29. The van der Waals surface area contributed by atoms with Gasteiger partial charge >= 0.3 is 0 Å². The molecule has 316 valence electrons. The lowest BCUT2D eigenvalue weighted by molar-refractivity contribution is 0.739. The zero-order valence-electron chi connectivity index (χ0n) is 37.1. The van der Waals surface area contributed by atoms with Crippen LogP contribution in [-0.2, 0) is 5.41 Å². The number of hydrogen-bond acceptors (Lipinski definition) is 4. The minimum absolute atomic E-state index is 0.575. The van der Waals surface area contributed by atoms with Gasteiger partial charge in [0.25, 0.3) is 0 Å². The summed E-state index contributed by atoms with van der Waals surface area (Å²) in [5, 5.41) is 7.18. The first kappa shape index (κ1) is 38.8. The van der Waals surface area contributed by atoms with E-state index in [1.807, 2.05) is 18.2 Å². The second kappa shape index (κ2) is 15.2. The Bertz CT molecular complexity index is 3770. The second-order valence-electron chi connectivity index (χ2n) is 17.7. The van der Waals surface area contributed by atoms with Crippen molar-refractivity contribution in [1.29, 1.82) is 0 Å². The number of aryl methyl sites for hydroxylation is 2. The fourth-order valence-corrected chi connectivity index (χ4v) is 10.8. The molecule has 0 atom stereocenters. The molecule has 5 nitrogen and oxygen atoms in total. The van der Waals surface area contributed by atoms with Crippen molar-refractivity contribution < 1.29 is 0 Å². The smallest absolute Gasteiger partial charge is 0.238 e. The fourth-order valence-electron chi connectivity index (χ4n) is 10.8. The minimum atomic E-state index is -0.657. The Morgan fingerprint density at radius 2 is 0.836 bits per heavy atom. The predicted octanol–water partition coefficient (Wildman–Crippen LogP) is 15.4. The van der Waals surface area contributed by atoms with Gasteiger partial charge in [0.1, 0.15) is 0 Å². The normalized spacial score (nSPS) is 13.0. The zero-order valence-corrected chi connectivity index (χ0v) is 37.1. The van der Waals surface area contributed by atoms with Crippen molar-refractivity contribution in [2.45, 2.75) is 19.3 Å². The first-order chi connectivity index (χ1) is 33.1. The van der Waals surface area contributed by atoms with E-state index < -0.39 is 5.41 Å². The Labute approximate surface area is 388 Å². The van der Waals surface area contributed by atoms with Crippen LogP contribution in [0.3, 0.4) is 0 Å². The molecular weight excluding hydrogens is 815 g/mol. The van der Waals surface area contributed by atoms with Crippen LogP contribution in [0.4, 0.5) is 17.1 Å². The molecule has 1 aliphatic heterocycles. The molecule has 1 aliphatic rings. The van der Waals surface area contributed by atoms with E-state index in [1.54, 1.807) is 0 Å². The Kier molecular flexibility index (Phi) is 8.80. The van der Waals surface area contributed by atoms with Crippen LogP contribution < -0.4 is 4.90 Å². The summed E-state index contributed by atoms with van der Waals surface area (Å²) >= 11 is 0. The van der Waals surface area contributed by atoms with Crippen molar-refractivity contribution in [3.8, 4) is 28.7 Å². The highest BCUT2D eigenvalue weighted by atomic mass is 15.2. The van der Waals surface area contributed by atoms with Gasteiger partial charge in [-0.2, -0.15) is 9.97 Å². The summed E-state index contributed by atoms with van der Waals surface area (Å²) < 4.78 is 2.17. The third-order valence-electron chi connectivity index (χ3n) is 13.8. The number of para-hydroxylation sites is 3. The van der Waals surface area contributed by atoms with E-state index in [2.05, 4.69) is 230 Å². The standard InChI is InChI=1S/C62H43N5/c1-40-28-34-44(35-29-40)62(45-36-30-41(2)31-37-45)53-24-12-15-27-56(53)66(58-52-23-9-7-19-48(52)47-18-6-8-22-51(47)57(58)62)46-38-32-43(33-39-46)60-63-59(42-16-4-3-5-17-42)64-61(65-60)67-54-25-13-10-20-49(54)50-21-11-14-26-55(50)67/h3-39H,1-2H3. The van der Waals surface area contributed by atoms with E-state index in [9.17, 15) is 0 Å². The summed E-state index contributed by atoms with van der Waals surface area (Å²) in [4.78, 5) is 18.1. The molecule has 0 bridgehead atoms. The summed E-state index contributed by atoms with van der Waals surface area (Å²) in [6, 6.07) is 81.3. The quantitative estimate of drug-likeness (QED) is 0.156. The van der Waals surface area contributed by atoms with Gasteiger partial charge in [0.05, 0.1) is 27.8 Å². The summed E-state index contributed by atoms with van der Waals surface area (Å²) in [6.07, 6.45) is 0. The van der Waals surface area contributed by atoms with Gasteiger partial charge in [-0.1, -0.05) is 193 Å². The Balaban J connectivity index is 1.06. The highest BCUT2D eigenvalue weighted by Gasteiger charge is 2.48. The molecule has 13 rings (SSSR count). The van der Waals surface area contributed by atoms with E-state index >= 15 is 0 Å². The van der Waals surface area contributed by atoms with Gasteiger partial charge in [0, 0.05) is 38.5 Å². The fraction of sp³-hybridized carbons (Fsp3) is 0.0484. The lowest BCUT2D eigenvalue weighted by Crippen LogP contribution is -2.38. The molecule has 2 aromatic heterocycles. The molecule has 5 heteroatoms. The SMILES string of the molecule is Cc1ccc(C2(c3ccc(C)cc3)c3ccccc3N(c3ccc(-c4nc(-c5ccccc5)nc(-n5c6ccccc6c6ccccc65)n4)cc3)c3c2c2ccccc2c2ccccc32)cc1. The molecule has 67 heavy (non-hydrogen) atoms. The topological polar surface area (TPSA) is 46.8 Å². The van der Waals surface area contributed by atoms with E-state index in [0.717, 1.165) is 44.3 Å². The zero-order chi connectivity index (χ0) is 44.6. The van der Waals surface area contributed by atoms with Crippen LogP contribution in [0.5, 0.6) is 0 Å². The lowest BCUT2D eigenvalue weighted by Gasteiger charge is -2.47. The van der Waals surface area contributed by atoms with Crippen molar-refractivity contribution >= 4 is 60.4 Å². The molecule has 0 saturated heterocycles. The summed E-state index contributed by atoms with van der Waals surface area (Å²) in [6.45, 7) is 4.34. The number of aromatic nitrogens is 4. The first-order valence-electron chi connectivity index (χ1n) is 22.9. The third kappa shape index (κ3) is 5.91. The summed E-state index contributed by atoms with van der Waals surface area (Å²) in [7, 11) is 0. The molecule has 10 aromatic carbocycles. The van der Waals surface area contributed by atoms with Crippen LogP contribution in [0.2, 0.25) is 0 Å². The molecule has 0 amide bonds. The average molecular weight is 858 g/mol. The monoisotopic (exact) mass is 857 g/mol. The third-order valence-corrected chi connectivity index (χ3v) is 13.8.